The maximum absolute atomic E-state index is 11.8. The Morgan fingerprint density at radius 3 is 2.81 bits per heavy atom. The number of benzene rings is 1. The first-order valence-corrected chi connectivity index (χ1v) is 9.17. The summed E-state index contributed by atoms with van der Waals surface area (Å²) in [4.78, 5) is 23.5. The van der Waals surface area contributed by atoms with Crippen LogP contribution >= 0.6 is 15.9 Å². The van der Waals surface area contributed by atoms with Gasteiger partial charge < -0.3 is 15.8 Å². The number of carbonyl (C=O) groups is 2. The number of rotatable bonds is 5. The van der Waals surface area contributed by atoms with Gasteiger partial charge in [0.15, 0.2) is 5.82 Å². The Bertz CT molecular complexity index is 934. The van der Waals surface area contributed by atoms with E-state index in [0.29, 0.717) is 21.5 Å². The topological polar surface area (TPSA) is 123 Å². The number of anilines is 2. The van der Waals surface area contributed by atoms with Gasteiger partial charge in [-0.1, -0.05) is 0 Å². The van der Waals surface area contributed by atoms with Crippen LogP contribution in [-0.4, -0.2) is 28.8 Å². The summed E-state index contributed by atoms with van der Waals surface area (Å²) in [5.74, 6) is -0.893. The van der Waals surface area contributed by atoms with E-state index in [1.54, 1.807) is 29.1 Å². The molecule has 0 spiro atoms. The normalized spacial score (nSPS) is 18.7. The average Bonchev–Trinajstić information content (AvgIpc) is 3.27. The molecule has 1 aliphatic carbocycles. The number of amides is 1. The maximum Gasteiger partial charge on any atom is 0.339 e. The van der Waals surface area contributed by atoms with Gasteiger partial charge in [0.25, 0.3) is 5.91 Å². The van der Waals surface area contributed by atoms with Gasteiger partial charge in [-0.3, -0.25) is 9.48 Å². The number of aromatic nitrogens is 2. The summed E-state index contributed by atoms with van der Waals surface area (Å²) < 4.78 is 6.91. The van der Waals surface area contributed by atoms with E-state index >= 15 is 0 Å². The zero-order valence-corrected chi connectivity index (χ0v) is 16.2. The molecule has 2 atom stereocenters. The van der Waals surface area contributed by atoms with Crippen LogP contribution in [0.5, 0.6) is 0 Å². The standard InChI is InChI=1S/C18H18BrN5O3/c1-27-18(26)12-6-5-11(7-14(12)19)22-17-13(16(21)25)9-24(23-17)15-4-2-3-10(15)8-20/h5-7,9-10,15H,2-4H2,1H3,(H2,21,25)(H,22,23). The van der Waals surface area contributed by atoms with Crippen molar-refractivity contribution in [3.8, 4) is 6.07 Å². The fourth-order valence-corrected chi connectivity index (χ4v) is 3.79. The molecule has 2 aromatic rings. The van der Waals surface area contributed by atoms with E-state index in [1.165, 1.54) is 7.11 Å². The average molecular weight is 432 g/mol. The Hall–Kier alpha value is -2.86. The molecule has 1 fully saturated rings. The molecule has 9 heteroatoms. The van der Waals surface area contributed by atoms with Crippen molar-refractivity contribution in [2.24, 2.45) is 11.7 Å². The zero-order chi connectivity index (χ0) is 19.6. The highest BCUT2D eigenvalue weighted by molar-refractivity contribution is 9.10. The fourth-order valence-electron chi connectivity index (χ4n) is 3.25. The number of ether oxygens (including phenoxy) is 1. The van der Waals surface area contributed by atoms with Crippen LogP contribution in [0.3, 0.4) is 0 Å². The van der Waals surface area contributed by atoms with Crippen molar-refractivity contribution in [3.63, 3.8) is 0 Å². The van der Waals surface area contributed by atoms with E-state index in [1.807, 2.05) is 0 Å². The summed E-state index contributed by atoms with van der Waals surface area (Å²) in [6.45, 7) is 0. The second-order valence-corrected chi connectivity index (χ2v) is 7.14. The number of halogens is 1. The Morgan fingerprint density at radius 1 is 1.41 bits per heavy atom. The van der Waals surface area contributed by atoms with E-state index < -0.39 is 11.9 Å². The molecule has 2 unspecified atom stereocenters. The Balaban J connectivity index is 1.90. The van der Waals surface area contributed by atoms with E-state index in [0.717, 1.165) is 19.3 Å². The number of hydrogen-bond donors (Lipinski definition) is 2. The number of carbonyl (C=O) groups excluding carboxylic acids is 2. The van der Waals surface area contributed by atoms with E-state index in [4.69, 9.17) is 10.5 Å². The van der Waals surface area contributed by atoms with Gasteiger partial charge in [-0.2, -0.15) is 10.4 Å². The summed E-state index contributed by atoms with van der Waals surface area (Å²) in [5.41, 5.74) is 6.73. The number of nitriles is 1. The van der Waals surface area contributed by atoms with Crippen LogP contribution in [0.2, 0.25) is 0 Å². The minimum atomic E-state index is -0.611. The summed E-state index contributed by atoms with van der Waals surface area (Å²) >= 11 is 3.33. The molecule has 3 rings (SSSR count). The van der Waals surface area contributed by atoms with Gasteiger partial charge in [-0.05, 0) is 53.4 Å². The quantitative estimate of drug-likeness (QED) is 0.700. The van der Waals surface area contributed by atoms with Gasteiger partial charge in [0.05, 0.1) is 30.7 Å². The Kier molecular flexibility index (Phi) is 5.46. The molecule has 0 saturated heterocycles. The molecular formula is C18H18BrN5O3. The molecule has 1 saturated carbocycles. The summed E-state index contributed by atoms with van der Waals surface area (Å²) in [7, 11) is 1.31. The number of methoxy groups -OCH3 is 1. The highest BCUT2D eigenvalue weighted by Gasteiger charge is 2.30. The predicted octanol–water partition coefficient (Wildman–Crippen LogP) is 3.14. The van der Waals surface area contributed by atoms with Crippen molar-refractivity contribution in [2.45, 2.75) is 25.3 Å². The lowest BCUT2D eigenvalue weighted by Gasteiger charge is -2.13. The molecule has 27 heavy (non-hydrogen) atoms. The number of hydrogen-bond acceptors (Lipinski definition) is 6. The summed E-state index contributed by atoms with van der Waals surface area (Å²) in [5, 5.41) is 16.8. The summed E-state index contributed by atoms with van der Waals surface area (Å²) in [6.07, 6.45) is 4.18. The van der Waals surface area contributed by atoms with Crippen molar-refractivity contribution < 1.29 is 14.3 Å². The highest BCUT2D eigenvalue weighted by atomic mass is 79.9. The van der Waals surface area contributed by atoms with Gasteiger partial charge in [-0.15, -0.1) is 0 Å². The van der Waals surface area contributed by atoms with Crippen LogP contribution in [0.4, 0.5) is 11.5 Å². The zero-order valence-electron chi connectivity index (χ0n) is 14.6. The van der Waals surface area contributed by atoms with Crippen molar-refractivity contribution in [3.05, 3.63) is 40.0 Å². The molecular weight excluding hydrogens is 414 g/mol. The number of esters is 1. The van der Waals surface area contributed by atoms with Crippen LogP contribution in [-0.2, 0) is 4.74 Å². The molecule has 1 aromatic heterocycles. The monoisotopic (exact) mass is 431 g/mol. The van der Waals surface area contributed by atoms with Crippen LogP contribution in [0.25, 0.3) is 0 Å². The van der Waals surface area contributed by atoms with E-state index in [2.05, 4.69) is 32.4 Å². The van der Waals surface area contributed by atoms with Gasteiger partial charge >= 0.3 is 5.97 Å². The van der Waals surface area contributed by atoms with Crippen molar-refractivity contribution in [1.82, 2.24) is 9.78 Å². The van der Waals surface area contributed by atoms with E-state index in [-0.39, 0.29) is 17.5 Å². The largest absolute Gasteiger partial charge is 0.465 e. The first-order valence-electron chi connectivity index (χ1n) is 8.38. The van der Waals surface area contributed by atoms with E-state index in [9.17, 15) is 14.9 Å². The molecule has 0 bridgehead atoms. The SMILES string of the molecule is COC(=O)c1ccc(Nc2nn(C3CCCC3C#N)cc2C(N)=O)cc1Br. The second-order valence-electron chi connectivity index (χ2n) is 6.28. The lowest BCUT2D eigenvalue weighted by Crippen LogP contribution is -2.14. The molecule has 0 radical (unpaired) electrons. The minimum Gasteiger partial charge on any atom is -0.465 e. The third kappa shape index (κ3) is 3.80. The molecule has 1 aromatic carbocycles. The van der Waals surface area contributed by atoms with Crippen molar-refractivity contribution in [1.29, 1.82) is 5.26 Å². The third-order valence-corrected chi connectivity index (χ3v) is 5.28. The van der Waals surface area contributed by atoms with Gasteiger partial charge in [0, 0.05) is 16.4 Å². The lowest BCUT2D eigenvalue weighted by atomic mass is 10.1. The lowest BCUT2D eigenvalue weighted by molar-refractivity contribution is 0.0599. The van der Waals surface area contributed by atoms with Gasteiger partial charge in [0.2, 0.25) is 0 Å². The highest BCUT2D eigenvalue weighted by Crippen LogP contribution is 2.36. The molecule has 0 aliphatic heterocycles. The first-order chi connectivity index (χ1) is 12.9. The molecule has 140 valence electrons. The Labute approximate surface area is 164 Å². The predicted molar refractivity (Wildman–Crippen MR) is 102 cm³/mol. The molecule has 1 amide bonds. The second kappa shape index (κ2) is 7.80. The van der Waals surface area contributed by atoms with Gasteiger partial charge in [0.1, 0.15) is 5.56 Å². The van der Waals surface area contributed by atoms with Crippen molar-refractivity contribution >= 4 is 39.3 Å². The number of nitrogens with two attached hydrogens (primary N) is 1. The number of nitrogens with zero attached hydrogens (tertiary/aromatic N) is 3. The Morgan fingerprint density at radius 2 is 2.19 bits per heavy atom. The number of primary amides is 1. The third-order valence-electron chi connectivity index (χ3n) is 4.62. The van der Waals surface area contributed by atoms with Crippen LogP contribution < -0.4 is 11.1 Å². The molecule has 1 aliphatic rings. The maximum atomic E-state index is 11.8. The summed E-state index contributed by atoms with van der Waals surface area (Å²) in [6, 6.07) is 7.19. The number of nitrogens with one attached hydrogen (secondary N) is 1. The fraction of sp³-hybridized carbons (Fsp3) is 0.333. The minimum absolute atomic E-state index is 0.0721. The van der Waals surface area contributed by atoms with Crippen LogP contribution in [0.1, 0.15) is 46.0 Å². The van der Waals surface area contributed by atoms with Crippen LogP contribution in [0, 0.1) is 17.2 Å². The smallest absolute Gasteiger partial charge is 0.339 e. The first kappa shape index (κ1) is 18.9. The molecule has 8 nitrogen and oxygen atoms in total. The van der Waals surface area contributed by atoms with Crippen LogP contribution in [0.15, 0.2) is 28.9 Å². The van der Waals surface area contributed by atoms with Crippen molar-refractivity contribution in [2.75, 3.05) is 12.4 Å². The van der Waals surface area contributed by atoms with Gasteiger partial charge in [-0.25, -0.2) is 4.79 Å². The molecule has 3 N–H and O–H groups in total. The molecule has 1 heterocycles.